The van der Waals surface area contributed by atoms with Crippen LogP contribution in [0.4, 0.5) is 5.69 Å². The number of nitrogens with two attached hydrogens (primary N) is 1. The van der Waals surface area contributed by atoms with Gasteiger partial charge in [-0.15, -0.1) is 11.8 Å². The van der Waals surface area contributed by atoms with Crippen LogP contribution in [0.2, 0.25) is 5.02 Å². The summed E-state index contributed by atoms with van der Waals surface area (Å²) in [5.74, 6) is 2.09. The van der Waals surface area contributed by atoms with Crippen LogP contribution in [-0.4, -0.2) is 11.8 Å². The van der Waals surface area contributed by atoms with Crippen LogP contribution in [0.15, 0.2) is 35.5 Å². The average Bonchev–Trinajstić information content (AvgIpc) is 2.87. The molecule has 2 heterocycles. The Morgan fingerprint density at radius 1 is 1.32 bits per heavy atom. The molecule has 19 heavy (non-hydrogen) atoms. The third kappa shape index (κ3) is 2.72. The van der Waals surface area contributed by atoms with Crippen LogP contribution in [0.3, 0.4) is 0 Å². The summed E-state index contributed by atoms with van der Waals surface area (Å²) in [6.07, 6.45) is 1.65. The van der Waals surface area contributed by atoms with Crippen molar-refractivity contribution in [3.8, 4) is 11.5 Å². The molecule has 0 bridgehead atoms. The van der Waals surface area contributed by atoms with E-state index in [0.717, 1.165) is 16.3 Å². The number of pyridine rings is 1. The van der Waals surface area contributed by atoms with Crippen molar-refractivity contribution in [3.05, 3.63) is 41.0 Å². The van der Waals surface area contributed by atoms with Gasteiger partial charge in [-0.25, -0.2) is 4.98 Å². The number of aromatic nitrogens is 1. The minimum Gasteiger partial charge on any atom is -0.454 e. The molecule has 0 saturated carbocycles. The van der Waals surface area contributed by atoms with E-state index < -0.39 is 0 Å². The van der Waals surface area contributed by atoms with Gasteiger partial charge in [0.05, 0.1) is 21.9 Å². The average molecular weight is 295 g/mol. The molecule has 6 heteroatoms. The fraction of sp³-hybridized carbons (Fsp3) is 0.154. The zero-order valence-corrected chi connectivity index (χ0v) is 11.5. The lowest BCUT2D eigenvalue weighted by atomic mass is 10.2. The fourth-order valence-corrected chi connectivity index (χ4v) is 2.80. The van der Waals surface area contributed by atoms with Gasteiger partial charge >= 0.3 is 0 Å². The van der Waals surface area contributed by atoms with Gasteiger partial charge in [-0.05, 0) is 29.8 Å². The van der Waals surface area contributed by atoms with Crippen molar-refractivity contribution in [2.24, 2.45) is 0 Å². The number of fused-ring (bicyclic) bond motifs is 1. The lowest BCUT2D eigenvalue weighted by Gasteiger charge is -2.05. The molecule has 0 fully saturated rings. The van der Waals surface area contributed by atoms with Crippen LogP contribution in [0, 0.1) is 0 Å². The SMILES string of the molecule is Nc1ccc(SCc2cc(Cl)c3c(c2)OCO3)nc1. The van der Waals surface area contributed by atoms with Gasteiger partial charge in [-0.3, -0.25) is 0 Å². The van der Waals surface area contributed by atoms with Gasteiger partial charge < -0.3 is 15.2 Å². The Bertz CT molecular complexity index is 604. The molecule has 0 atom stereocenters. The zero-order chi connectivity index (χ0) is 13.2. The Morgan fingerprint density at radius 2 is 2.21 bits per heavy atom. The molecule has 0 spiro atoms. The molecule has 2 N–H and O–H groups in total. The summed E-state index contributed by atoms with van der Waals surface area (Å²) in [5.41, 5.74) is 7.33. The van der Waals surface area contributed by atoms with E-state index in [4.69, 9.17) is 26.8 Å². The number of nitrogens with zero attached hydrogens (tertiary/aromatic N) is 1. The van der Waals surface area contributed by atoms with Crippen molar-refractivity contribution in [2.45, 2.75) is 10.8 Å². The predicted molar refractivity (Wildman–Crippen MR) is 75.8 cm³/mol. The van der Waals surface area contributed by atoms with E-state index in [9.17, 15) is 0 Å². The summed E-state index contributed by atoms with van der Waals surface area (Å²) < 4.78 is 10.6. The number of thioether (sulfide) groups is 1. The lowest BCUT2D eigenvalue weighted by molar-refractivity contribution is 0.174. The first kappa shape index (κ1) is 12.4. The second-order valence-electron chi connectivity index (χ2n) is 4.03. The molecule has 1 aromatic carbocycles. The number of halogens is 1. The van der Waals surface area contributed by atoms with Crippen molar-refractivity contribution < 1.29 is 9.47 Å². The molecule has 0 radical (unpaired) electrons. The van der Waals surface area contributed by atoms with Crippen LogP contribution in [0.5, 0.6) is 11.5 Å². The molecule has 0 saturated heterocycles. The van der Waals surface area contributed by atoms with Crippen LogP contribution in [0.1, 0.15) is 5.56 Å². The number of anilines is 1. The topological polar surface area (TPSA) is 57.4 Å². The molecule has 3 rings (SSSR count). The molecule has 2 aromatic rings. The largest absolute Gasteiger partial charge is 0.454 e. The van der Waals surface area contributed by atoms with Gasteiger partial charge in [0.25, 0.3) is 0 Å². The van der Waals surface area contributed by atoms with Gasteiger partial charge in [-0.1, -0.05) is 11.6 Å². The Balaban J connectivity index is 1.73. The highest BCUT2D eigenvalue weighted by Gasteiger charge is 2.18. The van der Waals surface area contributed by atoms with Crippen molar-refractivity contribution in [2.75, 3.05) is 12.5 Å². The first-order valence-electron chi connectivity index (χ1n) is 5.65. The highest BCUT2D eigenvalue weighted by molar-refractivity contribution is 7.98. The maximum absolute atomic E-state index is 6.13. The molecule has 0 unspecified atom stereocenters. The summed E-state index contributed by atoms with van der Waals surface area (Å²) >= 11 is 7.75. The highest BCUT2D eigenvalue weighted by atomic mass is 35.5. The highest BCUT2D eigenvalue weighted by Crippen LogP contribution is 2.40. The van der Waals surface area contributed by atoms with Crippen LogP contribution >= 0.6 is 23.4 Å². The molecular formula is C13H11ClN2O2S. The molecule has 98 valence electrons. The number of rotatable bonds is 3. The number of hydrogen-bond acceptors (Lipinski definition) is 5. The standard InChI is InChI=1S/C13H11ClN2O2S/c14-10-3-8(4-11-13(10)18-7-17-11)6-19-12-2-1-9(15)5-16-12/h1-5H,6-7,15H2. The van der Waals surface area contributed by atoms with Crippen LogP contribution < -0.4 is 15.2 Å². The quantitative estimate of drug-likeness (QED) is 0.880. The maximum Gasteiger partial charge on any atom is 0.231 e. The van der Waals surface area contributed by atoms with Crippen molar-refractivity contribution in [1.82, 2.24) is 4.98 Å². The van der Waals surface area contributed by atoms with Gasteiger partial charge in [0.15, 0.2) is 11.5 Å². The van der Waals surface area contributed by atoms with E-state index in [1.54, 1.807) is 18.0 Å². The van der Waals surface area contributed by atoms with Gasteiger partial charge in [0.1, 0.15) is 0 Å². The summed E-state index contributed by atoms with van der Waals surface area (Å²) in [6.45, 7) is 0.227. The molecule has 1 aliphatic rings. The van der Waals surface area contributed by atoms with E-state index in [1.807, 2.05) is 24.3 Å². The van der Waals surface area contributed by atoms with Crippen molar-refractivity contribution in [3.63, 3.8) is 0 Å². The Hall–Kier alpha value is -1.59. The summed E-state index contributed by atoms with van der Waals surface area (Å²) in [5, 5.41) is 1.50. The minimum absolute atomic E-state index is 0.227. The Labute approximate surface area is 119 Å². The maximum atomic E-state index is 6.13. The molecule has 4 nitrogen and oxygen atoms in total. The smallest absolute Gasteiger partial charge is 0.231 e. The lowest BCUT2D eigenvalue weighted by Crippen LogP contribution is -1.93. The first-order chi connectivity index (χ1) is 9.22. The third-order valence-electron chi connectivity index (χ3n) is 2.63. The van der Waals surface area contributed by atoms with Crippen LogP contribution in [-0.2, 0) is 5.75 Å². The summed E-state index contributed by atoms with van der Waals surface area (Å²) in [6, 6.07) is 7.56. The predicted octanol–water partition coefficient (Wildman–Crippen LogP) is 3.34. The molecule has 0 amide bonds. The van der Waals surface area contributed by atoms with Gasteiger partial charge in [0, 0.05) is 5.75 Å². The van der Waals surface area contributed by atoms with Crippen LogP contribution in [0.25, 0.3) is 0 Å². The van der Waals surface area contributed by atoms with E-state index in [-0.39, 0.29) is 6.79 Å². The summed E-state index contributed by atoms with van der Waals surface area (Å²) in [7, 11) is 0. The third-order valence-corrected chi connectivity index (χ3v) is 3.93. The number of benzene rings is 1. The Kier molecular flexibility index (Phi) is 3.40. The zero-order valence-electron chi connectivity index (χ0n) is 9.93. The van der Waals surface area contributed by atoms with Gasteiger partial charge in [0.2, 0.25) is 6.79 Å². The number of ether oxygens (including phenoxy) is 2. The Morgan fingerprint density at radius 3 is 3.00 bits per heavy atom. The first-order valence-corrected chi connectivity index (χ1v) is 7.01. The second kappa shape index (κ2) is 5.19. The molecular weight excluding hydrogens is 284 g/mol. The summed E-state index contributed by atoms with van der Waals surface area (Å²) in [4.78, 5) is 4.24. The second-order valence-corrected chi connectivity index (χ2v) is 5.43. The molecule has 1 aromatic heterocycles. The number of nitrogen functional groups attached to an aromatic ring is 1. The van der Waals surface area contributed by atoms with Crippen molar-refractivity contribution >= 4 is 29.1 Å². The van der Waals surface area contributed by atoms with Crippen molar-refractivity contribution in [1.29, 1.82) is 0 Å². The van der Waals surface area contributed by atoms with E-state index in [2.05, 4.69) is 4.98 Å². The number of hydrogen-bond donors (Lipinski definition) is 1. The van der Waals surface area contributed by atoms with E-state index in [1.165, 1.54) is 0 Å². The molecule has 0 aliphatic carbocycles. The van der Waals surface area contributed by atoms with E-state index >= 15 is 0 Å². The van der Waals surface area contributed by atoms with E-state index in [0.29, 0.717) is 22.2 Å². The molecule has 1 aliphatic heterocycles. The monoisotopic (exact) mass is 294 g/mol. The fourth-order valence-electron chi connectivity index (χ4n) is 1.74. The normalized spacial score (nSPS) is 12.7. The van der Waals surface area contributed by atoms with Gasteiger partial charge in [-0.2, -0.15) is 0 Å². The minimum atomic E-state index is 0.227.